The minimum absolute atomic E-state index is 0.323. The number of likely N-dealkylation sites (N-methyl/N-ethyl adjacent to an activating group) is 1. The lowest BCUT2D eigenvalue weighted by Gasteiger charge is -2.33. The molecule has 0 aliphatic carbocycles. The van der Waals surface area contributed by atoms with Crippen molar-refractivity contribution in [2.45, 2.75) is 38.3 Å². The summed E-state index contributed by atoms with van der Waals surface area (Å²) in [5, 5.41) is 3.06. The largest absolute Gasteiger partial charge is 0.373 e. The summed E-state index contributed by atoms with van der Waals surface area (Å²) in [5.41, 5.74) is 0.186. The van der Waals surface area contributed by atoms with Crippen molar-refractivity contribution < 1.29 is 13.5 Å². The Hall–Kier alpha value is -1.00. The van der Waals surface area contributed by atoms with Gasteiger partial charge in [0.2, 0.25) is 0 Å². The molecular formula is C14H19F2NO. The number of hydrogen-bond acceptors (Lipinski definition) is 2. The summed E-state index contributed by atoms with van der Waals surface area (Å²) in [4.78, 5) is 0. The van der Waals surface area contributed by atoms with Crippen LogP contribution >= 0.6 is 0 Å². The van der Waals surface area contributed by atoms with Gasteiger partial charge >= 0.3 is 0 Å². The number of rotatable bonds is 3. The van der Waals surface area contributed by atoms with E-state index in [0.29, 0.717) is 17.7 Å². The van der Waals surface area contributed by atoms with Crippen LogP contribution in [0.3, 0.4) is 0 Å². The standard InChI is InChI=1S/C14H19F2NO/c1-9-5-6-10(12(16)11(9)15)13(17-3)14(2)7-4-8-18-14/h5-6,13,17H,4,7-8H2,1-3H3. The van der Waals surface area contributed by atoms with Gasteiger partial charge in [-0.05, 0) is 39.3 Å². The van der Waals surface area contributed by atoms with Gasteiger partial charge in [0.25, 0.3) is 0 Å². The number of nitrogens with one attached hydrogen (secondary N) is 1. The van der Waals surface area contributed by atoms with Crippen molar-refractivity contribution in [3.63, 3.8) is 0 Å². The molecule has 18 heavy (non-hydrogen) atoms. The molecule has 1 aromatic carbocycles. The van der Waals surface area contributed by atoms with Gasteiger partial charge in [-0.2, -0.15) is 0 Å². The molecule has 0 amide bonds. The molecular weight excluding hydrogens is 236 g/mol. The van der Waals surface area contributed by atoms with Crippen molar-refractivity contribution in [1.82, 2.24) is 5.32 Å². The van der Waals surface area contributed by atoms with Crippen molar-refractivity contribution in [1.29, 1.82) is 0 Å². The molecule has 100 valence electrons. The van der Waals surface area contributed by atoms with Crippen LogP contribution in [0.2, 0.25) is 0 Å². The molecule has 0 aromatic heterocycles. The summed E-state index contributed by atoms with van der Waals surface area (Å²) in [6.07, 6.45) is 1.79. The molecule has 1 aliphatic heterocycles. The highest BCUT2D eigenvalue weighted by molar-refractivity contribution is 5.30. The van der Waals surface area contributed by atoms with Gasteiger partial charge in [-0.1, -0.05) is 12.1 Å². The van der Waals surface area contributed by atoms with Gasteiger partial charge in [-0.3, -0.25) is 0 Å². The van der Waals surface area contributed by atoms with Gasteiger partial charge in [-0.15, -0.1) is 0 Å². The molecule has 2 atom stereocenters. The molecule has 1 heterocycles. The maximum atomic E-state index is 14.1. The second kappa shape index (κ2) is 4.94. The van der Waals surface area contributed by atoms with Crippen LogP contribution in [0.5, 0.6) is 0 Å². The summed E-state index contributed by atoms with van der Waals surface area (Å²) in [7, 11) is 1.74. The zero-order valence-corrected chi connectivity index (χ0v) is 11.0. The van der Waals surface area contributed by atoms with Crippen molar-refractivity contribution in [2.75, 3.05) is 13.7 Å². The van der Waals surface area contributed by atoms with Gasteiger partial charge in [0.15, 0.2) is 11.6 Å². The van der Waals surface area contributed by atoms with Crippen LogP contribution in [0.4, 0.5) is 8.78 Å². The van der Waals surface area contributed by atoms with Gasteiger partial charge in [-0.25, -0.2) is 8.78 Å². The first kappa shape index (κ1) is 13.4. The zero-order chi connectivity index (χ0) is 13.3. The molecule has 2 unspecified atom stereocenters. The average Bonchev–Trinajstić information content (AvgIpc) is 2.78. The fourth-order valence-electron chi connectivity index (χ4n) is 2.70. The number of hydrogen-bond donors (Lipinski definition) is 1. The molecule has 2 nitrogen and oxygen atoms in total. The van der Waals surface area contributed by atoms with E-state index in [9.17, 15) is 8.78 Å². The fourth-order valence-corrected chi connectivity index (χ4v) is 2.70. The van der Waals surface area contributed by atoms with Crippen molar-refractivity contribution in [3.05, 3.63) is 34.9 Å². The molecule has 4 heteroatoms. The quantitative estimate of drug-likeness (QED) is 0.896. The lowest BCUT2D eigenvalue weighted by molar-refractivity contribution is -0.0115. The predicted molar refractivity (Wildman–Crippen MR) is 66.5 cm³/mol. The topological polar surface area (TPSA) is 21.3 Å². The first-order valence-corrected chi connectivity index (χ1v) is 6.25. The molecule has 0 spiro atoms. The van der Waals surface area contributed by atoms with E-state index < -0.39 is 17.2 Å². The third-order valence-corrected chi connectivity index (χ3v) is 3.76. The Bertz CT molecular complexity index is 442. The minimum atomic E-state index is -0.772. The number of ether oxygens (including phenoxy) is 1. The smallest absolute Gasteiger partial charge is 0.163 e. The van der Waals surface area contributed by atoms with Crippen molar-refractivity contribution >= 4 is 0 Å². The van der Waals surface area contributed by atoms with Gasteiger partial charge < -0.3 is 10.1 Å². The second-order valence-electron chi connectivity index (χ2n) is 5.09. The SMILES string of the molecule is CNC(c1ccc(C)c(F)c1F)C1(C)CCCO1. The molecule has 0 radical (unpaired) electrons. The molecule has 1 N–H and O–H groups in total. The summed E-state index contributed by atoms with van der Waals surface area (Å²) < 4.78 is 33.4. The number of halogens is 2. The van der Waals surface area contributed by atoms with E-state index in [-0.39, 0.29) is 6.04 Å². The summed E-state index contributed by atoms with van der Waals surface area (Å²) in [6, 6.07) is 2.91. The van der Waals surface area contributed by atoms with E-state index in [0.717, 1.165) is 12.8 Å². The van der Waals surface area contributed by atoms with Gasteiger partial charge in [0.05, 0.1) is 11.6 Å². The van der Waals surface area contributed by atoms with Crippen LogP contribution in [0, 0.1) is 18.6 Å². The van der Waals surface area contributed by atoms with Crippen LogP contribution in [-0.2, 0) is 4.74 Å². The summed E-state index contributed by atoms with van der Waals surface area (Å²) in [5.74, 6) is -1.54. The van der Waals surface area contributed by atoms with E-state index >= 15 is 0 Å². The average molecular weight is 255 g/mol. The van der Waals surface area contributed by atoms with Gasteiger partial charge in [0, 0.05) is 12.2 Å². The van der Waals surface area contributed by atoms with Crippen molar-refractivity contribution in [2.24, 2.45) is 0 Å². The predicted octanol–water partition coefficient (Wildman–Crippen LogP) is 3.10. The lowest BCUT2D eigenvalue weighted by atomic mass is 9.87. The van der Waals surface area contributed by atoms with E-state index in [1.807, 2.05) is 6.92 Å². The Balaban J connectivity index is 2.42. The lowest BCUT2D eigenvalue weighted by Crippen LogP contribution is -2.40. The van der Waals surface area contributed by atoms with Crippen LogP contribution in [-0.4, -0.2) is 19.3 Å². The highest BCUT2D eigenvalue weighted by atomic mass is 19.2. The molecule has 0 saturated carbocycles. The Morgan fingerprint density at radius 3 is 2.61 bits per heavy atom. The molecule has 1 fully saturated rings. The van der Waals surface area contributed by atoms with E-state index in [4.69, 9.17) is 4.74 Å². The first-order valence-electron chi connectivity index (χ1n) is 6.25. The maximum Gasteiger partial charge on any atom is 0.163 e. The molecule has 1 aliphatic rings. The van der Waals surface area contributed by atoms with Crippen LogP contribution in [0.15, 0.2) is 12.1 Å². The highest BCUT2D eigenvalue weighted by Crippen LogP contribution is 2.38. The number of aryl methyl sites for hydroxylation is 1. The van der Waals surface area contributed by atoms with E-state index in [2.05, 4.69) is 5.32 Å². The second-order valence-corrected chi connectivity index (χ2v) is 5.09. The monoisotopic (exact) mass is 255 g/mol. The highest BCUT2D eigenvalue weighted by Gasteiger charge is 2.40. The Labute approximate surface area is 106 Å². The van der Waals surface area contributed by atoms with Crippen LogP contribution in [0.25, 0.3) is 0 Å². The molecule has 2 rings (SSSR count). The summed E-state index contributed by atoms with van der Waals surface area (Å²) >= 11 is 0. The molecule has 1 aromatic rings. The van der Waals surface area contributed by atoms with Crippen molar-refractivity contribution in [3.8, 4) is 0 Å². The maximum absolute atomic E-state index is 14.1. The van der Waals surface area contributed by atoms with Crippen LogP contribution < -0.4 is 5.32 Å². The third-order valence-electron chi connectivity index (χ3n) is 3.76. The van der Waals surface area contributed by atoms with E-state index in [1.165, 1.54) is 0 Å². The Morgan fingerprint density at radius 1 is 1.33 bits per heavy atom. The zero-order valence-electron chi connectivity index (χ0n) is 11.0. The van der Waals surface area contributed by atoms with Crippen LogP contribution in [0.1, 0.15) is 36.9 Å². The summed E-state index contributed by atoms with van der Waals surface area (Å²) in [6.45, 7) is 4.17. The number of benzene rings is 1. The molecule has 1 saturated heterocycles. The first-order chi connectivity index (χ1) is 8.49. The third kappa shape index (κ3) is 2.15. The Kier molecular flexibility index (Phi) is 3.69. The fraction of sp³-hybridized carbons (Fsp3) is 0.571. The minimum Gasteiger partial charge on any atom is -0.373 e. The molecule has 0 bridgehead atoms. The van der Waals surface area contributed by atoms with E-state index in [1.54, 1.807) is 26.1 Å². The van der Waals surface area contributed by atoms with Gasteiger partial charge in [0.1, 0.15) is 0 Å². The Morgan fingerprint density at radius 2 is 2.06 bits per heavy atom. The normalized spacial score (nSPS) is 25.4.